The summed E-state index contributed by atoms with van der Waals surface area (Å²) in [7, 11) is 2.07. The molecule has 0 radical (unpaired) electrons. The van der Waals surface area contributed by atoms with Gasteiger partial charge < -0.3 is 9.47 Å². The summed E-state index contributed by atoms with van der Waals surface area (Å²) in [6, 6.07) is 0. The third-order valence-corrected chi connectivity index (χ3v) is 2.53. The molecule has 1 atom stereocenters. The Labute approximate surface area is 87.4 Å². The zero-order valence-electron chi connectivity index (χ0n) is 9.88. The molecule has 3 heteroatoms. The fourth-order valence-corrected chi connectivity index (χ4v) is 1.84. The maximum Gasteiger partial charge on any atom is 0.165 e. The highest BCUT2D eigenvalue weighted by molar-refractivity contribution is 4.79. The summed E-state index contributed by atoms with van der Waals surface area (Å²) in [5, 5.41) is 0. The van der Waals surface area contributed by atoms with Crippen molar-refractivity contribution in [3.05, 3.63) is 0 Å². The predicted octanol–water partition coefficient (Wildman–Crippen LogP) is 2.07. The molecular formula is C11H23NO2. The van der Waals surface area contributed by atoms with Crippen LogP contribution in [0, 0.1) is 5.41 Å². The highest BCUT2D eigenvalue weighted by atomic mass is 16.7. The van der Waals surface area contributed by atoms with Crippen molar-refractivity contribution in [1.29, 1.82) is 0 Å². The first-order valence-corrected chi connectivity index (χ1v) is 5.48. The molecular weight excluding hydrogens is 178 g/mol. The van der Waals surface area contributed by atoms with Crippen molar-refractivity contribution in [3.63, 3.8) is 0 Å². The van der Waals surface area contributed by atoms with Gasteiger partial charge in [0.25, 0.3) is 0 Å². The van der Waals surface area contributed by atoms with E-state index in [1.165, 1.54) is 6.42 Å². The number of rotatable bonds is 4. The van der Waals surface area contributed by atoms with E-state index in [1.807, 2.05) is 0 Å². The first kappa shape index (κ1) is 12.0. The van der Waals surface area contributed by atoms with Gasteiger partial charge in [-0.2, -0.15) is 0 Å². The summed E-state index contributed by atoms with van der Waals surface area (Å²) in [5.41, 5.74) is 0.0980. The monoisotopic (exact) mass is 201 g/mol. The summed E-state index contributed by atoms with van der Waals surface area (Å²) < 4.78 is 11.4. The number of hydrogen-bond acceptors (Lipinski definition) is 3. The van der Waals surface area contributed by atoms with Crippen LogP contribution < -0.4 is 0 Å². The molecule has 0 aromatic rings. The van der Waals surface area contributed by atoms with Crippen molar-refractivity contribution in [2.24, 2.45) is 5.41 Å². The van der Waals surface area contributed by atoms with E-state index >= 15 is 0 Å². The summed E-state index contributed by atoms with van der Waals surface area (Å²) in [6.45, 7) is 9.08. The standard InChI is InChI=1S/C11H23NO2/c1-5-6-7-13-10-11(2,3)8-12(4)9-14-10/h10H,5-9H2,1-4H3. The maximum atomic E-state index is 5.74. The summed E-state index contributed by atoms with van der Waals surface area (Å²) >= 11 is 0. The molecule has 1 rings (SSSR count). The van der Waals surface area contributed by atoms with Crippen molar-refractivity contribution in [2.75, 3.05) is 26.9 Å². The minimum absolute atomic E-state index is 0.0368. The molecule has 0 aromatic carbocycles. The predicted molar refractivity (Wildman–Crippen MR) is 57.0 cm³/mol. The zero-order valence-corrected chi connectivity index (χ0v) is 9.88. The van der Waals surface area contributed by atoms with Crippen LogP contribution in [-0.2, 0) is 9.47 Å². The summed E-state index contributed by atoms with van der Waals surface area (Å²) in [4.78, 5) is 2.18. The molecule has 0 N–H and O–H groups in total. The van der Waals surface area contributed by atoms with Gasteiger partial charge in [-0.05, 0) is 13.5 Å². The molecule has 1 fully saturated rings. The fourth-order valence-electron chi connectivity index (χ4n) is 1.84. The Hall–Kier alpha value is -0.120. The third kappa shape index (κ3) is 3.23. The number of unbranched alkanes of at least 4 members (excludes halogenated alkanes) is 1. The molecule has 0 aliphatic carbocycles. The van der Waals surface area contributed by atoms with E-state index in [1.54, 1.807) is 0 Å². The lowest BCUT2D eigenvalue weighted by Gasteiger charge is -2.42. The van der Waals surface area contributed by atoms with Crippen molar-refractivity contribution in [2.45, 2.75) is 39.9 Å². The van der Waals surface area contributed by atoms with Gasteiger partial charge in [0.15, 0.2) is 6.29 Å². The van der Waals surface area contributed by atoms with Gasteiger partial charge in [0.2, 0.25) is 0 Å². The van der Waals surface area contributed by atoms with Gasteiger partial charge in [-0.25, -0.2) is 0 Å². The van der Waals surface area contributed by atoms with E-state index in [0.717, 1.165) is 19.6 Å². The fraction of sp³-hybridized carbons (Fsp3) is 1.00. The van der Waals surface area contributed by atoms with Gasteiger partial charge in [0.05, 0.1) is 0 Å². The second-order valence-electron chi connectivity index (χ2n) is 4.85. The van der Waals surface area contributed by atoms with E-state index in [9.17, 15) is 0 Å². The SMILES string of the molecule is CCCCOC1OCN(C)CC1(C)C. The highest BCUT2D eigenvalue weighted by Gasteiger charge is 2.36. The molecule has 1 aliphatic heterocycles. The van der Waals surface area contributed by atoms with Crippen molar-refractivity contribution < 1.29 is 9.47 Å². The van der Waals surface area contributed by atoms with E-state index < -0.39 is 0 Å². The third-order valence-electron chi connectivity index (χ3n) is 2.53. The van der Waals surface area contributed by atoms with Gasteiger partial charge >= 0.3 is 0 Å². The van der Waals surface area contributed by atoms with Crippen molar-refractivity contribution >= 4 is 0 Å². The molecule has 1 unspecified atom stereocenters. The quantitative estimate of drug-likeness (QED) is 0.650. The van der Waals surface area contributed by atoms with E-state index in [4.69, 9.17) is 9.47 Å². The van der Waals surface area contributed by atoms with E-state index in [2.05, 4.69) is 32.7 Å². The molecule has 1 aliphatic rings. The maximum absolute atomic E-state index is 5.74. The largest absolute Gasteiger partial charge is 0.352 e. The van der Waals surface area contributed by atoms with Crippen LogP contribution in [0.25, 0.3) is 0 Å². The molecule has 14 heavy (non-hydrogen) atoms. The van der Waals surface area contributed by atoms with Crippen LogP contribution in [0.1, 0.15) is 33.6 Å². The van der Waals surface area contributed by atoms with Gasteiger partial charge in [0, 0.05) is 18.6 Å². The van der Waals surface area contributed by atoms with Crippen LogP contribution in [-0.4, -0.2) is 38.1 Å². The van der Waals surface area contributed by atoms with Crippen LogP contribution in [0.5, 0.6) is 0 Å². The van der Waals surface area contributed by atoms with Crippen LogP contribution in [0.2, 0.25) is 0 Å². The van der Waals surface area contributed by atoms with Crippen LogP contribution in [0.3, 0.4) is 0 Å². The molecule has 3 nitrogen and oxygen atoms in total. The van der Waals surface area contributed by atoms with Gasteiger partial charge in [0.1, 0.15) is 6.73 Å². The zero-order chi connectivity index (χ0) is 10.6. The molecule has 0 saturated carbocycles. The first-order valence-electron chi connectivity index (χ1n) is 5.48. The van der Waals surface area contributed by atoms with Crippen LogP contribution in [0.4, 0.5) is 0 Å². The molecule has 0 bridgehead atoms. The summed E-state index contributed by atoms with van der Waals surface area (Å²) in [6.07, 6.45) is 2.25. The second kappa shape index (κ2) is 5.10. The summed E-state index contributed by atoms with van der Waals surface area (Å²) in [5.74, 6) is 0. The Morgan fingerprint density at radius 1 is 1.50 bits per heavy atom. The lowest BCUT2D eigenvalue weighted by atomic mass is 9.91. The van der Waals surface area contributed by atoms with Crippen LogP contribution in [0.15, 0.2) is 0 Å². The molecule has 1 heterocycles. The van der Waals surface area contributed by atoms with Gasteiger partial charge in [-0.15, -0.1) is 0 Å². The molecule has 0 amide bonds. The lowest BCUT2D eigenvalue weighted by Crippen LogP contribution is -2.49. The number of nitrogens with zero attached hydrogens (tertiary/aromatic N) is 1. The Morgan fingerprint density at radius 2 is 2.21 bits per heavy atom. The Morgan fingerprint density at radius 3 is 2.79 bits per heavy atom. The van der Waals surface area contributed by atoms with Crippen molar-refractivity contribution in [3.8, 4) is 0 Å². The Bertz CT molecular complexity index is 171. The van der Waals surface area contributed by atoms with E-state index in [0.29, 0.717) is 6.73 Å². The normalized spacial score (nSPS) is 27.9. The van der Waals surface area contributed by atoms with Gasteiger partial charge in [-0.3, -0.25) is 4.90 Å². The molecule has 0 aromatic heterocycles. The number of hydrogen-bond donors (Lipinski definition) is 0. The minimum Gasteiger partial charge on any atom is -0.352 e. The lowest BCUT2D eigenvalue weighted by molar-refractivity contribution is -0.250. The molecule has 84 valence electrons. The highest BCUT2D eigenvalue weighted by Crippen LogP contribution is 2.29. The first-order chi connectivity index (χ1) is 6.56. The Kier molecular flexibility index (Phi) is 4.35. The second-order valence-corrected chi connectivity index (χ2v) is 4.85. The topological polar surface area (TPSA) is 21.7 Å². The molecule has 1 saturated heterocycles. The Balaban J connectivity index is 2.36. The average Bonchev–Trinajstić information content (AvgIpc) is 2.08. The minimum atomic E-state index is -0.0368. The van der Waals surface area contributed by atoms with Crippen molar-refractivity contribution in [1.82, 2.24) is 4.90 Å². The number of ether oxygens (including phenoxy) is 2. The molecule has 0 spiro atoms. The van der Waals surface area contributed by atoms with Gasteiger partial charge in [-0.1, -0.05) is 27.2 Å². The average molecular weight is 201 g/mol. The smallest absolute Gasteiger partial charge is 0.165 e. The van der Waals surface area contributed by atoms with Crippen LogP contribution >= 0.6 is 0 Å². The van der Waals surface area contributed by atoms with E-state index in [-0.39, 0.29) is 11.7 Å².